The van der Waals surface area contributed by atoms with E-state index in [4.69, 9.17) is 23.2 Å². The van der Waals surface area contributed by atoms with Gasteiger partial charge in [-0.1, -0.05) is 23.2 Å². The standard InChI is InChI=1S/C10H11Cl2NO/c1-6(2)13-10(14)7-3-4-8(11)9(12)5-7/h3-6H,1-2H3,(H,13,14). The van der Waals surface area contributed by atoms with Crippen LogP contribution >= 0.6 is 23.2 Å². The molecule has 1 aromatic rings. The lowest BCUT2D eigenvalue weighted by Gasteiger charge is -2.08. The lowest BCUT2D eigenvalue weighted by atomic mass is 10.2. The molecule has 0 aliphatic heterocycles. The summed E-state index contributed by atoms with van der Waals surface area (Å²) in [6, 6.07) is 4.92. The minimum Gasteiger partial charge on any atom is -0.350 e. The Hall–Kier alpha value is -0.730. The highest BCUT2D eigenvalue weighted by Gasteiger charge is 2.08. The van der Waals surface area contributed by atoms with Crippen LogP contribution in [0.3, 0.4) is 0 Å². The summed E-state index contributed by atoms with van der Waals surface area (Å²) in [4.78, 5) is 11.5. The second kappa shape index (κ2) is 4.67. The fraction of sp³-hybridized carbons (Fsp3) is 0.300. The zero-order valence-corrected chi connectivity index (χ0v) is 9.49. The molecule has 0 fully saturated rings. The van der Waals surface area contributed by atoms with Gasteiger partial charge in [-0.25, -0.2) is 0 Å². The molecule has 2 nitrogen and oxygen atoms in total. The van der Waals surface area contributed by atoms with Gasteiger partial charge < -0.3 is 5.32 Å². The van der Waals surface area contributed by atoms with Crippen LogP contribution < -0.4 is 5.32 Å². The Kier molecular flexibility index (Phi) is 3.78. The predicted octanol–water partition coefficient (Wildman–Crippen LogP) is 3.13. The number of benzene rings is 1. The van der Waals surface area contributed by atoms with Crippen LogP contribution in [-0.2, 0) is 0 Å². The molecule has 1 N–H and O–H groups in total. The lowest BCUT2D eigenvalue weighted by molar-refractivity contribution is 0.0943. The van der Waals surface area contributed by atoms with Crippen molar-refractivity contribution >= 4 is 29.1 Å². The van der Waals surface area contributed by atoms with Gasteiger partial charge in [0, 0.05) is 11.6 Å². The van der Waals surface area contributed by atoms with Gasteiger partial charge in [-0.05, 0) is 32.0 Å². The van der Waals surface area contributed by atoms with Crippen molar-refractivity contribution in [1.29, 1.82) is 0 Å². The van der Waals surface area contributed by atoms with E-state index in [1.165, 1.54) is 0 Å². The molecule has 1 amide bonds. The highest BCUT2D eigenvalue weighted by Crippen LogP contribution is 2.22. The van der Waals surface area contributed by atoms with Crippen LogP contribution in [0.25, 0.3) is 0 Å². The number of nitrogens with one attached hydrogen (secondary N) is 1. The topological polar surface area (TPSA) is 29.1 Å². The van der Waals surface area contributed by atoms with E-state index in [9.17, 15) is 4.79 Å². The summed E-state index contributed by atoms with van der Waals surface area (Å²) in [6.45, 7) is 3.80. The van der Waals surface area contributed by atoms with Gasteiger partial charge in [-0.2, -0.15) is 0 Å². The number of carbonyl (C=O) groups is 1. The van der Waals surface area contributed by atoms with Crippen LogP contribution in [0.5, 0.6) is 0 Å². The molecule has 0 aliphatic carbocycles. The van der Waals surface area contributed by atoms with Crippen molar-refractivity contribution in [3.63, 3.8) is 0 Å². The van der Waals surface area contributed by atoms with E-state index in [-0.39, 0.29) is 11.9 Å². The molecular formula is C10H11Cl2NO. The summed E-state index contributed by atoms with van der Waals surface area (Å²) in [5.74, 6) is -0.140. The van der Waals surface area contributed by atoms with Crippen molar-refractivity contribution < 1.29 is 4.79 Å². The van der Waals surface area contributed by atoms with Gasteiger partial charge in [0.25, 0.3) is 5.91 Å². The summed E-state index contributed by atoms with van der Waals surface area (Å²) >= 11 is 11.5. The van der Waals surface area contributed by atoms with E-state index in [0.717, 1.165) is 0 Å². The number of halogens is 2. The molecule has 0 radical (unpaired) electrons. The Bertz CT molecular complexity index is 350. The summed E-state index contributed by atoms with van der Waals surface area (Å²) in [7, 11) is 0. The summed E-state index contributed by atoms with van der Waals surface area (Å²) in [6.07, 6.45) is 0. The number of amides is 1. The first kappa shape index (κ1) is 11.3. The SMILES string of the molecule is CC(C)NC(=O)c1ccc(Cl)c(Cl)c1. The molecule has 0 atom stereocenters. The van der Waals surface area contributed by atoms with Gasteiger partial charge in [-0.3, -0.25) is 4.79 Å². The highest BCUT2D eigenvalue weighted by atomic mass is 35.5. The molecule has 0 aliphatic rings. The number of rotatable bonds is 2. The maximum atomic E-state index is 11.5. The normalized spacial score (nSPS) is 10.4. The van der Waals surface area contributed by atoms with Crippen molar-refractivity contribution in [2.75, 3.05) is 0 Å². The Labute approximate surface area is 93.2 Å². The van der Waals surface area contributed by atoms with Crippen molar-refractivity contribution in [2.24, 2.45) is 0 Å². The third-order valence-corrected chi connectivity index (χ3v) is 2.34. The average Bonchev–Trinajstić information content (AvgIpc) is 2.08. The molecule has 0 saturated heterocycles. The molecule has 0 unspecified atom stereocenters. The predicted molar refractivity (Wildman–Crippen MR) is 59.1 cm³/mol. The highest BCUT2D eigenvalue weighted by molar-refractivity contribution is 6.42. The first-order valence-corrected chi connectivity index (χ1v) is 5.02. The second-order valence-electron chi connectivity index (χ2n) is 3.26. The first-order valence-electron chi connectivity index (χ1n) is 4.26. The average molecular weight is 232 g/mol. The van der Waals surface area contributed by atoms with Crippen LogP contribution in [0.2, 0.25) is 10.0 Å². The van der Waals surface area contributed by atoms with Gasteiger partial charge in [0.1, 0.15) is 0 Å². The Morgan fingerprint density at radius 2 is 1.93 bits per heavy atom. The fourth-order valence-electron chi connectivity index (χ4n) is 0.983. The lowest BCUT2D eigenvalue weighted by Crippen LogP contribution is -2.29. The monoisotopic (exact) mass is 231 g/mol. The van der Waals surface area contributed by atoms with Crippen molar-refractivity contribution in [3.05, 3.63) is 33.8 Å². The van der Waals surface area contributed by atoms with Crippen molar-refractivity contribution in [1.82, 2.24) is 5.32 Å². The number of carbonyl (C=O) groups excluding carboxylic acids is 1. The quantitative estimate of drug-likeness (QED) is 0.833. The summed E-state index contributed by atoms with van der Waals surface area (Å²) in [5.41, 5.74) is 0.521. The molecule has 0 aromatic heterocycles. The molecule has 4 heteroatoms. The molecular weight excluding hydrogens is 221 g/mol. The van der Waals surface area contributed by atoms with Crippen molar-refractivity contribution in [2.45, 2.75) is 19.9 Å². The minimum atomic E-state index is -0.140. The van der Waals surface area contributed by atoms with E-state index in [1.54, 1.807) is 18.2 Å². The zero-order chi connectivity index (χ0) is 10.7. The zero-order valence-electron chi connectivity index (χ0n) is 7.97. The Balaban J connectivity index is 2.86. The number of hydrogen-bond acceptors (Lipinski definition) is 1. The van der Waals surface area contributed by atoms with Gasteiger partial charge >= 0.3 is 0 Å². The summed E-state index contributed by atoms with van der Waals surface area (Å²) < 4.78 is 0. The fourth-order valence-corrected chi connectivity index (χ4v) is 1.28. The van der Waals surface area contributed by atoms with Gasteiger partial charge in [0.15, 0.2) is 0 Å². The smallest absolute Gasteiger partial charge is 0.251 e. The Morgan fingerprint density at radius 1 is 1.29 bits per heavy atom. The van der Waals surface area contributed by atoms with E-state index < -0.39 is 0 Å². The maximum Gasteiger partial charge on any atom is 0.251 e. The van der Waals surface area contributed by atoms with E-state index in [2.05, 4.69) is 5.32 Å². The van der Waals surface area contributed by atoms with E-state index in [0.29, 0.717) is 15.6 Å². The van der Waals surface area contributed by atoms with Gasteiger partial charge in [-0.15, -0.1) is 0 Å². The number of hydrogen-bond donors (Lipinski definition) is 1. The summed E-state index contributed by atoms with van der Waals surface area (Å²) in [5, 5.41) is 3.61. The Morgan fingerprint density at radius 3 is 2.43 bits per heavy atom. The minimum absolute atomic E-state index is 0.108. The maximum absolute atomic E-state index is 11.5. The molecule has 14 heavy (non-hydrogen) atoms. The van der Waals surface area contributed by atoms with Gasteiger partial charge in [0.2, 0.25) is 0 Å². The first-order chi connectivity index (χ1) is 6.50. The van der Waals surface area contributed by atoms with E-state index >= 15 is 0 Å². The molecule has 76 valence electrons. The van der Waals surface area contributed by atoms with Crippen LogP contribution in [-0.4, -0.2) is 11.9 Å². The van der Waals surface area contributed by atoms with Crippen LogP contribution in [0.4, 0.5) is 0 Å². The van der Waals surface area contributed by atoms with E-state index in [1.807, 2.05) is 13.8 Å². The van der Waals surface area contributed by atoms with Crippen LogP contribution in [0.1, 0.15) is 24.2 Å². The van der Waals surface area contributed by atoms with Crippen LogP contribution in [0, 0.1) is 0 Å². The molecule has 0 saturated carbocycles. The second-order valence-corrected chi connectivity index (χ2v) is 4.07. The molecule has 0 bridgehead atoms. The molecule has 0 spiro atoms. The third-order valence-electron chi connectivity index (χ3n) is 1.60. The van der Waals surface area contributed by atoms with Gasteiger partial charge in [0.05, 0.1) is 10.0 Å². The van der Waals surface area contributed by atoms with Crippen molar-refractivity contribution in [3.8, 4) is 0 Å². The molecule has 1 rings (SSSR count). The molecule has 1 aromatic carbocycles. The molecule has 0 heterocycles. The third kappa shape index (κ3) is 2.89. The largest absolute Gasteiger partial charge is 0.350 e. The van der Waals surface area contributed by atoms with Crippen LogP contribution in [0.15, 0.2) is 18.2 Å².